The molecule has 5 nitrogen and oxygen atoms in total. The van der Waals surface area contributed by atoms with Gasteiger partial charge in [-0.15, -0.1) is 0 Å². The number of aromatic hydroxyl groups is 2. The maximum atomic E-state index is 12.9. The molecule has 26 heavy (non-hydrogen) atoms. The molecule has 2 aromatic carbocycles. The fourth-order valence-electron chi connectivity index (χ4n) is 3.09. The second-order valence-electron chi connectivity index (χ2n) is 6.95. The van der Waals surface area contributed by atoms with E-state index in [0.717, 1.165) is 11.1 Å². The molecule has 0 saturated carbocycles. The molecule has 0 spiro atoms. The van der Waals surface area contributed by atoms with Crippen LogP contribution in [0.2, 0.25) is 0 Å². The van der Waals surface area contributed by atoms with Crippen LogP contribution in [-0.4, -0.2) is 38.4 Å². The van der Waals surface area contributed by atoms with Crippen LogP contribution in [0.4, 0.5) is 0 Å². The third-order valence-electron chi connectivity index (χ3n) is 4.52. The van der Waals surface area contributed by atoms with Gasteiger partial charge in [-0.2, -0.15) is 0 Å². The number of hydrogen-bond acceptors (Lipinski definition) is 5. The van der Waals surface area contributed by atoms with Crippen LogP contribution in [0.5, 0.6) is 11.5 Å². The molecule has 0 radical (unpaired) electrons. The van der Waals surface area contributed by atoms with Crippen LogP contribution in [0.3, 0.4) is 0 Å². The molecular weight excluding hydrogens is 332 g/mol. The van der Waals surface area contributed by atoms with Crippen molar-refractivity contribution in [3.63, 3.8) is 0 Å². The quantitative estimate of drug-likeness (QED) is 0.595. The topological polar surface area (TPSA) is 98.0 Å². The number of aryl methyl sites for hydroxylation is 2. The molecule has 140 valence electrons. The molecule has 0 aromatic heterocycles. The van der Waals surface area contributed by atoms with Crippen LogP contribution in [0.1, 0.15) is 52.0 Å². The molecule has 5 heteroatoms. The zero-order valence-electron chi connectivity index (χ0n) is 15.6. The second-order valence-corrected chi connectivity index (χ2v) is 6.95. The maximum Gasteiger partial charge on any atom is 0.200 e. The van der Waals surface area contributed by atoms with Gasteiger partial charge in [0.1, 0.15) is 11.5 Å². The summed E-state index contributed by atoms with van der Waals surface area (Å²) < 4.78 is 0. The largest absolute Gasteiger partial charge is 0.507 e. The molecule has 2 atom stereocenters. The molecule has 2 unspecified atom stereocenters. The summed E-state index contributed by atoms with van der Waals surface area (Å²) in [6.45, 7) is 6.83. The number of benzene rings is 2. The number of phenols is 2. The number of carbonyl (C=O) groups is 1. The average molecular weight is 358 g/mol. The van der Waals surface area contributed by atoms with E-state index in [1.54, 1.807) is 39.8 Å². The molecule has 0 fully saturated rings. The van der Waals surface area contributed by atoms with Gasteiger partial charge in [-0.25, -0.2) is 0 Å². The lowest BCUT2D eigenvalue weighted by Gasteiger charge is -2.16. The minimum absolute atomic E-state index is 0.0772. The summed E-state index contributed by atoms with van der Waals surface area (Å²) >= 11 is 0. The highest BCUT2D eigenvalue weighted by Gasteiger charge is 2.23. The minimum atomic E-state index is -0.657. The van der Waals surface area contributed by atoms with E-state index in [-0.39, 0.29) is 35.5 Å². The van der Waals surface area contributed by atoms with Crippen molar-refractivity contribution in [2.24, 2.45) is 0 Å². The van der Waals surface area contributed by atoms with E-state index in [1.165, 1.54) is 12.1 Å². The van der Waals surface area contributed by atoms with Gasteiger partial charge in [-0.1, -0.05) is 12.1 Å². The van der Waals surface area contributed by atoms with Crippen LogP contribution in [0.15, 0.2) is 24.3 Å². The summed E-state index contributed by atoms with van der Waals surface area (Å²) in [5.41, 5.74) is 2.75. The van der Waals surface area contributed by atoms with E-state index in [9.17, 15) is 25.2 Å². The molecule has 2 rings (SSSR count). The van der Waals surface area contributed by atoms with E-state index in [1.807, 2.05) is 0 Å². The van der Waals surface area contributed by atoms with Crippen LogP contribution < -0.4 is 0 Å². The third kappa shape index (κ3) is 4.06. The van der Waals surface area contributed by atoms with E-state index >= 15 is 0 Å². The van der Waals surface area contributed by atoms with Gasteiger partial charge in [0, 0.05) is 24.0 Å². The number of phenolic OH excluding ortho intramolecular Hbond substituents is 2. The van der Waals surface area contributed by atoms with Crippen molar-refractivity contribution in [3.8, 4) is 11.5 Å². The van der Waals surface area contributed by atoms with Crippen LogP contribution in [0, 0.1) is 13.8 Å². The van der Waals surface area contributed by atoms with Crippen molar-refractivity contribution >= 4 is 5.78 Å². The molecule has 0 heterocycles. The number of hydrogen-bond donors (Lipinski definition) is 4. The van der Waals surface area contributed by atoms with Crippen molar-refractivity contribution in [3.05, 3.63) is 57.6 Å². The fourth-order valence-corrected chi connectivity index (χ4v) is 3.09. The highest BCUT2D eigenvalue weighted by Crippen LogP contribution is 2.33. The Bertz CT molecular complexity index is 754. The van der Waals surface area contributed by atoms with Gasteiger partial charge >= 0.3 is 0 Å². The Labute approximate surface area is 153 Å². The van der Waals surface area contributed by atoms with Gasteiger partial charge in [-0.3, -0.25) is 4.79 Å². The van der Waals surface area contributed by atoms with Crippen LogP contribution >= 0.6 is 0 Å². The zero-order chi connectivity index (χ0) is 19.6. The lowest BCUT2D eigenvalue weighted by Crippen LogP contribution is -2.11. The van der Waals surface area contributed by atoms with E-state index in [4.69, 9.17) is 0 Å². The van der Waals surface area contributed by atoms with Crippen molar-refractivity contribution in [2.75, 3.05) is 0 Å². The van der Waals surface area contributed by atoms with Gasteiger partial charge in [0.05, 0.1) is 23.3 Å². The Morgan fingerprint density at radius 1 is 0.808 bits per heavy atom. The first-order valence-corrected chi connectivity index (χ1v) is 8.67. The SMILES string of the molecule is Cc1ccc(C(=O)c2ccc(C)c(CC(C)O)c2O)c(O)c1CC(C)O. The highest BCUT2D eigenvalue weighted by molar-refractivity contribution is 6.12. The predicted octanol–water partition coefficient (Wildman–Crippen LogP) is 2.79. The van der Waals surface area contributed by atoms with Crippen LogP contribution in [0.25, 0.3) is 0 Å². The Balaban J connectivity index is 2.54. The van der Waals surface area contributed by atoms with Crippen molar-refractivity contribution < 1.29 is 25.2 Å². The molecule has 4 N–H and O–H groups in total. The fraction of sp³-hybridized carbons (Fsp3) is 0.381. The van der Waals surface area contributed by atoms with Crippen molar-refractivity contribution in [1.29, 1.82) is 0 Å². The second kappa shape index (κ2) is 7.89. The third-order valence-corrected chi connectivity index (χ3v) is 4.52. The summed E-state index contributed by atoms with van der Waals surface area (Å²) in [6, 6.07) is 6.47. The number of ketones is 1. The monoisotopic (exact) mass is 358 g/mol. The molecule has 0 bridgehead atoms. The number of carbonyl (C=O) groups excluding carboxylic acids is 1. The Kier molecular flexibility index (Phi) is 6.05. The smallest absolute Gasteiger partial charge is 0.200 e. The first-order chi connectivity index (χ1) is 12.1. The lowest BCUT2D eigenvalue weighted by atomic mass is 9.91. The summed E-state index contributed by atoms with van der Waals surface area (Å²) in [4.78, 5) is 12.9. The molecule has 0 saturated heterocycles. The summed E-state index contributed by atoms with van der Waals surface area (Å²) in [6.07, 6.45) is -0.858. The summed E-state index contributed by atoms with van der Waals surface area (Å²) in [5.74, 6) is -0.848. The van der Waals surface area contributed by atoms with Gasteiger partial charge in [-0.05, 0) is 51.0 Å². The molecular formula is C21H26O5. The highest BCUT2D eigenvalue weighted by atomic mass is 16.3. The Hall–Kier alpha value is -2.37. The average Bonchev–Trinajstić information content (AvgIpc) is 2.54. The van der Waals surface area contributed by atoms with E-state index < -0.39 is 18.0 Å². The molecule has 0 aliphatic rings. The van der Waals surface area contributed by atoms with Crippen molar-refractivity contribution in [2.45, 2.75) is 52.7 Å². The van der Waals surface area contributed by atoms with Crippen molar-refractivity contribution in [1.82, 2.24) is 0 Å². The number of aliphatic hydroxyl groups is 2. The molecule has 0 aliphatic carbocycles. The van der Waals surface area contributed by atoms with E-state index in [2.05, 4.69) is 0 Å². The summed E-state index contributed by atoms with van der Waals surface area (Å²) in [5, 5.41) is 40.4. The van der Waals surface area contributed by atoms with Gasteiger partial charge in [0.15, 0.2) is 5.78 Å². The molecule has 0 aliphatic heterocycles. The first kappa shape index (κ1) is 19.9. The Morgan fingerprint density at radius 2 is 1.15 bits per heavy atom. The molecule has 0 amide bonds. The number of aliphatic hydroxyl groups excluding tert-OH is 2. The van der Waals surface area contributed by atoms with Crippen LogP contribution in [-0.2, 0) is 12.8 Å². The van der Waals surface area contributed by atoms with Gasteiger partial charge in [0.25, 0.3) is 0 Å². The Morgan fingerprint density at radius 3 is 1.46 bits per heavy atom. The van der Waals surface area contributed by atoms with E-state index in [0.29, 0.717) is 11.1 Å². The number of rotatable bonds is 6. The first-order valence-electron chi connectivity index (χ1n) is 8.67. The standard InChI is InChI=1S/C21H26O5/c1-11-5-7-15(20(25)17(11)9-13(3)22)19(24)16-8-6-12(2)18(21(16)26)10-14(4)23/h5-8,13-14,22-23,25-26H,9-10H2,1-4H3. The minimum Gasteiger partial charge on any atom is -0.507 e. The maximum absolute atomic E-state index is 12.9. The van der Waals surface area contributed by atoms with Gasteiger partial charge in [0.2, 0.25) is 0 Å². The predicted molar refractivity (Wildman–Crippen MR) is 99.9 cm³/mol. The van der Waals surface area contributed by atoms with Gasteiger partial charge < -0.3 is 20.4 Å². The lowest BCUT2D eigenvalue weighted by molar-refractivity contribution is 0.103. The normalized spacial score (nSPS) is 13.5. The zero-order valence-corrected chi connectivity index (χ0v) is 15.6. The summed E-state index contributed by atoms with van der Waals surface area (Å²) in [7, 11) is 0. The molecule has 2 aromatic rings.